The standard InChI is InChI=1S/C25H31N5O8/c1-3-35-22(31)16-37-28-23(21-8-11-26-27-21)24(32)29-12-9-17(10-13-29)30-14-20(38-25(30)33)15-36-19-6-4-18(34-2)5-7-19/h4-8,11,17,20H,3,9-10,12-16H2,1-2H3,(H,26,27)/b28-23+. The van der Waals surface area contributed by atoms with Crippen LogP contribution in [0.4, 0.5) is 4.79 Å². The minimum Gasteiger partial charge on any atom is -0.497 e. The lowest BCUT2D eigenvalue weighted by Crippen LogP contribution is -2.49. The number of benzene rings is 1. The summed E-state index contributed by atoms with van der Waals surface area (Å²) in [4.78, 5) is 45.7. The summed E-state index contributed by atoms with van der Waals surface area (Å²) in [5.74, 6) is 0.436. The molecule has 2 aliphatic heterocycles. The number of aromatic nitrogens is 2. The van der Waals surface area contributed by atoms with Crippen LogP contribution in [0.5, 0.6) is 11.5 Å². The molecule has 1 N–H and O–H groups in total. The first-order chi connectivity index (χ1) is 18.5. The molecular formula is C25H31N5O8. The Balaban J connectivity index is 1.28. The van der Waals surface area contributed by atoms with Gasteiger partial charge in [0.2, 0.25) is 6.61 Å². The van der Waals surface area contributed by atoms with Crippen molar-refractivity contribution in [3.63, 3.8) is 0 Å². The minimum atomic E-state index is -0.585. The number of carbonyl (C=O) groups is 3. The van der Waals surface area contributed by atoms with Gasteiger partial charge in [0.05, 0.1) is 26.0 Å². The molecule has 3 heterocycles. The molecule has 0 bridgehead atoms. The summed E-state index contributed by atoms with van der Waals surface area (Å²) in [6, 6.07) is 8.71. The van der Waals surface area contributed by atoms with Gasteiger partial charge in [0.15, 0.2) is 11.8 Å². The Morgan fingerprint density at radius 2 is 1.89 bits per heavy atom. The summed E-state index contributed by atoms with van der Waals surface area (Å²) >= 11 is 0. The highest BCUT2D eigenvalue weighted by molar-refractivity contribution is 6.44. The number of aromatic amines is 1. The Hall–Kier alpha value is -4.29. The van der Waals surface area contributed by atoms with Crippen LogP contribution in [-0.4, -0.2) is 102 Å². The van der Waals surface area contributed by atoms with E-state index in [1.165, 1.54) is 6.20 Å². The zero-order valence-corrected chi connectivity index (χ0v) is 21.3. The van der Waals surface area contributed by atoms with Gasteiger partial charge >= 0.3 is 12.1 Å². The number of ether oxygens (including phenoxy) is 4. The zero-order valence-electron chi connectivity index (χ0n) is 21.3. The van der Waals surface area contributed by atoms with Gasteiger partial charge in [-0.3, -0.25) is 9.89 Å². The highest BCUT2D eigenvalue weighted by Gasteiger charge is 2.39. The average Bonchev–Trinajstić information content (AvgIpc) is 3.60. The Morgan fingerprint density at radius 3 is 2.55 bits per heavy atom. The molecule has 0 radical (unpaired) electrons. The normalized spacial score (nSPS) is 18.2. The van der Waals surface area contributed by atoms with E-state index in [0.717, 1.165) is 5.75 Å². The van der Waals surface area contributed by atoms with Crippen molar-refractivity contribution < 1.29 is 38.2 Å². The van der Waals surface area contributed by atoms with Crippen LogP contribution in [0.25, 0.3) is 0 Å². The minimum absolute atomic E-state index is 0.00146. The molecule has 4 rings (SSSR count). The van der Waals surface area contributed by atoms with E-state index in [2.05, 4.69) is 15.4 Å². The van der Waals surface area contributed by atoms with E-state index in [4.69, 9.17) is 23.8 Å². The molecule has 13 nitrogen and oxygen atoms in total. The van der Waals surface area contributed by atoms with Gasteiger partial charge in [0.1, 0.15) is 18.1 Å². The maximum atomic E-state index is 13.2. The molecule has 2 aliphatic rings. The number of esters is 1. The highest BCUT2D eigenvalue weighted by Crippen LogP contribution is 2.24. The molecule has 1 aromatic heterocycles. The Kier molecular flexibility index (Phi) is 9.01. The van der Waals surface area contributed by atoms with E-state index in [9.17, 15) is 14.4 Å². The molecule has 2 amide bonds. The summed E-state index contributed by atoms with van der Waals surface area (Å²) in [5, 5.41) is 10.5. The topological polar surface area (TPSA) is 145 Å². The molecule has 2 fully saturated rings. The summed E-state index contributed by atoms with van der Waals surface area (Å²) in [6.45, 7) is 2.95. The first-order valence-electron chi connectivity index (χ1n) is 12.4. The number of carbonyl (C=O) groups excluding carboxylic acids is 3. The van der Waals surface area contributed by atoms with E-state index < -0.39 is 12.6 Å². The summed E-state index contributed by atoms with van der Waals surface area (Å²) in [6.07, 6.45) is 1.87. The molecule has 0 aliphatic carbocycles. The number of cyclic esters (lactones) is 1. The van der Waals surface area contributed by atoms with Crippen LogP contribution in [-0.2, 0) is 23.9 Å². The second-order valence-electron chi connectivity index (χ2n) is 8.66. The SMILES string of the molecule is CCOC(=O)CO/N=C(/C(=O)N1CCC(N2CC(COc3ccc(OC)cc3)OC2=O)CC1)c1ccn[nH]1. The van der Waals surface area contributed by atoms with Gasteiger partial charge in [0.25, 0.3) is 5.91 Å². The number of likely N-dealkylation sites (tertiary alicyclic amines) is 1. The number of amides is 2. The van der Waals surface area contributed by atoms with Crippen molar-refractivity contribution in [2.45, 2.75) is 31.9 Å². The van der Waals surface area contributed by atoms with Crippen molar-refractivity contribution in [1.29, 1.82) is 0 Å². The number of piperidine rings is 1. The molecule has 1 atom stereocenters. The third kappa shape index (κ3) is 6.72. The fourth-order valence-electron chi connectivity index (χ4n) is 4.26. The molecule has 13 heteroatoms. The van der Waals surface area contributed by atoms with Crippen molar-refractivity contribution in [3.05, 3.63) is 42.2 Å². The van der Waals surface area contributed by atoms with Crippen molar-refractivity contribution in [2.75, 3.05) is 46.6 Å². The van der Waals surface area contributed by atoms with Gasteiger partial charge in [-0.1, -0.05) is 5.16 Å². The van der Waals surface area contributed by atoms with Gasteiger partial charge in [0, 0.05) is 25.3 Å². The van der Waals surface area contributed by atoms with Crippen molar-refractivity contribution >= 4 is 23.7 Å². The van der Waals surface area contributed by atoms with Gasteiger partial charge < -0.3 is 33.6 Å². The van der Waals surface area contributed by atoms with E-state index >= 15 is 0 Å². The number of oxime groups is 1. The van der Waals surface area contributed by atoms with Crippen LogP contribution in [0.15, 0.2) is 41.7 Å². The predicted molar refractivity (Wildman–Crippen MR) is 133 cm³/mol. The molecule has 38 heavy (non-hydrogen) atoms. The summed E-state index contributed by atoms with van der Waals surface area (Å²) in [7, 11) is 1.59. The number of H-pyrrole nitrogens is 1. The van der Waals surface area contributed by atoms with E-state index in [0.29, 0.717) is 43.9 Å². The highest BCUT2D eigenvalue weighted by atomic mass is 16.7. The molecule has 204 valence electrons. The van der Waals surface area contributed by atoms with Gasteiger partial charge in [-0.2, -0.15) is 5.10 Å². The van der Waals surface area contributed by atoms with Crippen LogP contribution >= 0.6 is 0 Å². The first-order valence-corrected chi connectivity index (χ1v) is 12.4. The van der Waals surface area contributed by atoms with Gasteiger partial charge in [-0.05, 0) is 50.1 Å². The van der Waals surface area contributed by atoms with Crippen LogP contribution in [0.2, 0.25) is 0 Å². The summed E-state index contributed by atoms with van der Waals surface area (Å²) < 4.78 is 21.2. The van der Waals surface area contributed by atoms with Crippen LogP contribution in [0.3, 0.4) is 0 Å². The number of hydrogen-bond donors (Lipinski definition) is 1. The third-order valence-corrected chi connectivity index (χ3v) is 6.19. The van der Waals surface area contributed by atoms with Crippen LogP contribution in [0, 0.1) is 0 Å². The lowest BCUT2D eigenvalue weighted by molar-refractivity contribution is -0.148. The molecular weight excluding hydrogens is 498 g/mol. The average molecular weight is 530 g/mol. The van der Waals surface area contributed by atoms with E-state index in [1.54, 1.807) is 54.2 Å². The fraction of sp³-hybridized carbons (Fsp3) is 0.480. The molecule has 2 saturated heterocycles. The molecule has 1 aromatic carbocycles. The van der Waals surface area contributed by atoms with Crippen LogP contribution in [0.1, 0.15) is 25.5 Å². The fourth-order valence-corrected chi connectivity index (χ4v) is 4.26. The molecule has 0 spiro atoms. The van der Waals surface area contributed by atoms with Gasteiger partial charge in [-0.15, -0.1) is 0 Å². The number of methoxy groups -OCH3 is 1. The maximum Gasteiger partial charge on any atom is 0.410 e. The van der Waals surface area contributed by atoms with Crippen molar-refractivity contribution in [1.82, 2.24) is 20.0 Å². The third-order valence-electron chi connectivity index (χ3n) is 6.19. The van der Waals surface area contributed by atoms with Crippen LogP contribution < -0.4 is 9.47 Å². The lowest BCUT2D eigenvalue weighted by atomic mass is 10.0. The lowest BCUT2D eigenvalue weighted by Gasteiger charge is -2.35. The quantitative estimate of drug-likeness (QED) is 0.261. The Labute approximate surface area is 219 Å². The second kappa shape index (κ2) is 12.8. The Bertz CT molecular complexity index is 1110. The van der Waals surface area contributed by atoms with E-state index in [-0.39, 0.29) is 43.1 Å². The number of rotatable bonds is 11. The zero-order chi connectivity index (χ0) is 26.9. The monoisotopic (exact) mass is 529 g/mol. The number of hydrogen-bond acceptors (Lipinski definition) is 10. The van der Waals surface area contributed by atoms with Crippen molar-refractivity contribution in [2.24, 2.45) is 5.16 Å². The van der Waals surface area contributed by atoms with Gasteiger partial charge in [-0.25, -0.2) is 9.59 Å². The molecule has 2 aromatic rings. The largest absolute Gasteiger partial charge is 0.497 e. The number of nitrogens with one attached hydrogen (secondary N) is 1. The molecule has 0 saturated carbocycles. The van der Waals surface area contributed by atoms with E-state index in [1.807, 2.05) is 0 Å². The van der Waals surface area contributed by atoms with Crippen molar-refractivity contribution in [3.8, 4) is 11.5 Å². The number of nitrogens with zero attached hydrogens (tertiary/aromatic N) is 4. The second-order valence-corrected chi connectivity index (χ2v) is 8.66. The maximum absolute atomic E-state index is 13.2. The molecule has 1 unspecified atom stereocenters. The smallest absolute Gasteiger partial charge is 0.410 e. The predicted octanol–water partition coefficient (Wildman–Crippen LogP) is 1.59. The summed E-state index contributed by atoms with van der Waals surface area (Å²) in [5.41, 5.74) is 0.366. The first kappa shape index (κ1) is 26.8. The Morgan fingerprint density at radius 1 is 1.16 bits per heavy atom.